The van der Waals surface area contributed by atoms with Gasteiger partial charge in [0.1, 0.15) is 0 Å². The first kappa shape index (κ1) is 28.1. The molecule has 0 unspecified atom stereocenters. The summed E-state index contributed by atoms with van der Waals surface area (Å²) in [5, 5.41) is 31.5. The molecule has 3 amide bonds. The van der Waals surface area contributed by atoms with Gasteiger partial charge in [-0.25, -0.2) is 4.79 Å². The summed E-state index contributed by atoms with van der Waals surface area (Å²) in [5.41, 5.74) is 3.24. The molecule has 1 saturated heterocycles. The molecule has 0 aromatic heterocycles. The zero-order valence-corrected chi connectivity index (χ0v) is 22.9. The summed E-state index contributed by atoms with van der Waals surface area (Å²) in [5.74, 6) is -3.28. The van der Waals surface area contributed by atoms with Crippen molar-refractivity contribution in [3.63, 3.8) is 0 Å². The molecule has 0 spiro atoms. The van der Waals surface area contributed by atoms with Crippen LogP contribution in [0.25, 0.3) is 6.08 Å². The number of halogens is 1. The van der Waals surface area contributed by atoms with Gasteiger partial charge in [-0.3, -0.25) is 9.59 Å². The number of imide groups is 3. The molecule has 4 atom stereocenters. The number of carbonyl (C=O) groups is 3. The van der Waals surface area contributed by atoms with Crippen molar-refractivity contribution in [3.05, 3.63) is 38.0 Å². The lowest BCUT2D eigenvalue weighted by Crippen LogP contribution is -2.40. The largest absolute Gasteiger partial charge is 0.504 e. The van der Waals surface area contributed by atoms with Crippen molar-refractivity contribution in [2.75, 3.05) is 20.8 Å². The third kappa shape index (κ3) is 5.30. The smallest absolute Gasteiger partial charge is 0.423 e. The Morgan fingerprint density at radius 3 is 2.56 bits per heavy atom. The molecule has 0 radical (unpaired) electrons. The molecule has 36 heavy (non-hydrogen) atoms. The second-order valence-corrected chi connectivity index (χ2v) is 10.3. The van der Waals surface area contributed by atoms with Crippen LogP contribution in [-0.4, -0.2) is 65.1 Å². The number of allylic oxidation sites excluding steroid dienone is 2. The van der Waals surface area contributed by atoms with Gasteiger partial charge in [-0.1, -0.05) is 24.1 Å². The van der Waals surface area contributed by atoms with Crippen molar-refractivity contribution in [1.29, 1.82) is 0 Å². The highest BCUT2D eigenvalue weighted by atomic mass is 127. The minimum absolute atomic E-state index is 0.0821. The van der Waals surface area contributed by atoms with Crippen molar-refractivity contribution in [3.8, 4) is 11.5 Å². The highest BCUT2D eigenvalue weighted by Crippen LogP contribution is 2.47. The summed E-state index contributed by atoms with van der Waals surface area (Å²) in [6, 6.07) is 3.56. The number of carbonyl (C=O) groups excluding carboxylic acids is 3. The van der Waals surface area contributed by atoms with Gasteiger partial charge in [0.25, 0.3) is 0 Å². The number of methoxy groups -OCH3 is 2. The van der Waals surface area contributed by atoms with Crippen LogP contribution in [0.2, 0.25) is 0 Å². The number of hydrogen-bond donors (Lipinski definition) is 3. The molecule has 1 aliphatic carbocycles. The number of hydrogen-bond acceptors (Lipinski definition) is 8. The molecule has 0 bridgehead atoms. The number of nitrogens with zero attached hydrogens (tertiary/aromatic N) is 1. The van der Waals surface area contributed by atoms with Crippen LogP contribution in [0, 0.1) is 21.3 Å². The van der Waals surface area contributed by atoms with Crippen LogP contribution in [0.3, 0.4) is 0 Å². The number of ether oxygens (including phenoxy) is 2. The van der Waals surface area contributed by atoms with E-state index < -0.39 is 48.4 Å². The second-order valence-electron chi connectivity index (χ2n) is 9.12. The standard InChI is InChI=1S/C26H32INO8/c1-5-15-11-16-22(25(33)28(24(16)32)26(34)36-4)17(12-29)21(15)19(30)7-6-13(2)8-14-9-18(27)23(31)20(10-14)35-3/h8-10,16-17,19,22,29-31H,5-7,11-12H2,1-4H3/b13-8+/t16-,17+,19-,22-/m1/s1. The molecule has 9 nitrogen and oxygen atoms in total. The number of benzene rings is 1. The molecule has 1 heterocycles. The van der Waals surface area contributed by atoms with Gasteiger partial charge >= 0.3 is 6.09 Å². The van der Waals surface area contributed by atoms with Gasteiger partial charge in [-0.05, 0) is 78.5 Å². The lowest BCUT2D eigenvalue weighted by molar-refractivity contribution is -0.137. The Bertz CT molecular complexity index is 1110. The Morgan fingerprint density at radius 2 is 1.97 bits per heavy atom. The predicted octanol–water partition coefficient (Wildman–Crippen LogP) is 3.64. The fourth-order valence-corrected chi connectivity index (χ4v) is 5.90. The van der Waals surface area contributed by atoms with Crippen LogP contribution >= 0.6 is 22.6 Å². The van der Waals surface area contributed by atoms with Crippen molar-refractivity contribution < 1.29 is 39.2 Å². The highest BCUT2D eigenvalue weighted by molar-refractivity contribution is 14.1. The van der Waals surface area contributed by atoms with Crippen LogP contribution in [0.4, 0.5) is 4.79 Å². The SMILES string of the molecule is CCC1=C([C@H](O)CC/C(C)=C/c2cc(I)c(O)c(OC)c2)[C@H](CO)[C@@H]2C(=O)N(C(=O)OC)C(=O)[C@@H]2C1. The average Bonchev–Trinajstić information content (AvgIpc) is 3.12. The number of amides is 3. The zero-order chi connectivity index (χ0) is 26.7. The Hall–Kier alpha value is -2.44. The van der Waals surface area contributed by atoms with E-state index in [0.29, 0.717) is 39.1 Å². The highest BCUT2D eigenvalue weighted by Gasteiger charge is 2.56. The van der Waals surface area contributed by atoms with E-state index in [9.17, 15) is 29.7 Å². The van der Waals surface area contributed by atoms with E-state index >= 15 is 0 Å². The molecule has 3 rings (SSSR count). The molecule has 3 N–H and O–H groups in total. The van der Waals surface area contributed by atoms with E-state index in [1.165, 1.54) is 7.11 Å². The minimum atomic E-state index is -1.03. The van der Waals surface area contributed by atoms with Gasteiger partial charge < -0.3 is 24.8 Å². The van der Waals surface area contributed by atoms with Crippen molar-refractivity contribution in [2.45, 2.75) is 45.6 Å². The lowest BCUT2D eigenvalue weighted by Gasteiger charge is -2.36. The summed E-state index contributed by atoms with van der Waals surface area (Å²) < 4.78 is 10.5. The van der Waals surface area contributed by atoms with Gasteiger partial charge in [0.05, 0.1) is 42.3 Å². The predicted molar refractivity (Wildman–Crippen MR) is 140 cm³/mol. The average molecular weight is 613 g/mol. The van der Waals surface area contributed by atoms with E-state index in [1.807, 2.05) is 48.6 Å². The fraction of sp³-hybridized carbons (Fsp3) is 0.500. The van der Waals surface area contributed by atoms with Gasteiger partial charge in [-0.15, -0.1) is 0 Å². The van der Waals surface area contributed by atoms with Gasteiger partial charge in [0.2, 0.25) is 11.8 Å². The summed E-state index contributed by atoms with van der Waals surface area (Å²) in [6.07, 6.45) is 1.68. The molecule has 1 aliphatic heterocycles. The first-order valence-electron chi connectivity index (χ1n) is 11.8. The Morgan fingerprint density at radius 1 is 1.28 bits per heavy atom. The summed E-state index contributed by atoms with van der Waals surface area (Å²) in [6.45, 7) is 3.41. The van der Waals surface area contributed by atoms with Crippen LogP contribution in [0.15, 0.2) is 28.9 Å². The minimum Gasteiger partial charge on any atom is -0.504 e. The molecule has 196 valence electrons. The topological polar surface area (TPSA) is 134 Å². The molecule has 2 aliphatic rings. The number of aliphatic hydroxyl groups is 2. The first-order chi connectivity index (χ1) is 17.1. The molecule has 1 fully saturated rings. The number of phenolic OH excluding ortho intramolecular Hbond substituents is 1. The number of fused-ring (bicyclic) bond motifs is 1. The van der Waals surface area contributed by atoms with Crippen molar-refractivity contribution in [2.24, 2.45) is 17.8 Å². The first-order valence-corrected chi connectivity index (χ1v) is 12.9. The van der Waals surface area contributed by atoms with Gasteiger partial charge in [0.15, 0.2) is 11.5 Å². The van der Waals surface area contributed by atoms with Crippen molar-refractivity contribution >= 4 is 46.6 Å². The molecular formula is C26H32INO8. The van der Waals surface area contributed by atoms with Crippen LogP contribution < -0.4 is 4.74 Å². The molecule has 0 saturated carbocycles. The molecule has 1 aromatic rings. The molecular weight excluding hydrogens is 581 g/mol. The number of aromatic hydroxyl groups is 1. The Kier molecular flexibility index (Phi) is 9.18. The third-order valence-corrected chi connectivity index (χ3v) is 7.84. The maximum atomic E-state index is 13.0. The van der Waals surface area contributed by atoms with E-state index in [2.05, 4.69) is 4.74 Å². The number of aliphatic hydroxyl groups excluding tert-OH is 2. The Labute approximate surface area is 223 Å². The van der Waals surface area contributed by atoms with Crippen LogP contribution in [0.1, 0.15) is 45.1 Å². The normalized spacial score (nSPS) is 23.1. The number of phenols is 1. The van der Waals surface area contributed by atoms with E-state index in [-0.39, 0.29) is 12.2 Å². The fourth-order valence-electron chi connectivity index (χ4n) is 5.28. The summed E-state index contributed by atoms with van der Waals surface area (Å²) in [7, 11) is 2.59. The number of rotatable bonds is 8. The lowest BCUT2D eigenvalue weighted by atomic mass is 9.67. The zero-order valence-electron chi connectivity index (χ0n) is 20.8. The van der Waals surface area contributed by atoms with E-state index in [4.69, 9.17) is 4.74 Å². The summed E-state index contributed by atoms with van der Waals surface area (Å²) >= 11 is 2.03. The van der Waals surface area contributed by atoms with Crippen LogP contribution in [0.5, 0.6) is 11.5 Å². The van der Waals surface area contributed by atoms with E-state index in [1.54, 1.807) is 6.07 Å². The maximum Gasteiger partial charge on any atom is 0.423 e. The summed E-state index contributed by atoms with van der Waals surface area (Å²) in [4.78, 5) is 38.4. The monoisotopic (exact) mass is 613 g/mol. The molecule has 1 aromatic carbocycles. The van der Waals surface area contributed by atoms with Crippen LogP contribution in [-0.2, 0) is 14.3 Å². The third-order valence-electron chi connectivity index (χ3n) is 7.02. The van der Waals surface area contributed by atoms with Gasteiger partial charge in [-0.2, -0.15) is 4.90 Å². The number of likely N-dealkylation sites (tertiary alicyclic amines) is 1. The van der Waals surface area contributed by atoms with E-state index in [0.717, 1.165) is 23.8 Å². The Balaban J connectivity index is 1.82. The quantitative estimate of drug-likeness (QED) is 0.230. The second kappa shape index (κ2) is 11.7. The van der Waals surface area contributed by atoms with Crippen molar-refractivity contribution in [1.82, 2.24) is 4.90 Å². The maximum absolute atomic E-state index is 13.0. The molecule has 10 heteroatoms. The van der Waals surface area contributed by atoms with Gasteiger partial charge in [0, 0.05) is 5.92 Å².